The van der Waals surface area contributed by atoms with Crippen LogP contribution in [0, 0.1) is 11.8 Å². The van der Waals surface area contributed by atoms with Gasteiger partial charge < -0.3 is 19.4 Å². The summed E-state index contributed by atoms with van der Waals surface area (Å²) < 4.78 is 10.6. The second kappa shape index (κ2) is 7.17. The normalized spacial score (nSPS) is 21.8. The third kappa shape index (κ3) is 3.62. The number of methoxy groups -OCH3 is 1. The Bertz CT molecular complexity index is 737. The van der Waals surface area contributed by atoms with E-state index in [1.54, 1.807) is 4.90 Å². The fraction of sp³-hybridized carbons (Fsp3) is 0.474. The number of hydrogen-bond donors (Lipinski definition) is 1. The zero-order valence-corrected chi connectivity index (χ0v) is 14.8. The molecule has 3 rings (SSSR count). The Morgan fingerprint density at radius 3 is 2.80 bits per heavy atom. The standard InChI is InChI=1S/C19H24N2O4/c1-12-11-21(9-8-15(12)18(22)24-3)19(23)20-13(2)17-10-14-6-4-5-7-16(14)25-17/h4-7,10,12-13,15H,8-9,11H2,1-3H3,(H,20,23)/t12-,13+,15+/m0/s1. The summed E-state index contributed by atoms with van der Waals surface area (Å²) in [4.78, 5) is 26.0. The lowest BCUT2D eigenvalue weighted by molar-refractivity contribution is -0.148. The number of fused-ring (bicyclic) bond motifs is 1. The van der Waals surface area contributed by atoms with Gasteiger partial charge in [0.25, 0.3) is 0 Å². The first-order chi connectivity index (χ1) is 12.0. The van der Waals surface area contributed by atoms with E-state index in [1.807, 2.05) is 44.2 Å². The Hall–Kier alpha value is -2.50. The van der Waals surface area contributed by atoms with Gasteiger partial charge in [-0.1, -0.05) is 25.1 Å². The van der Waals surface area contributed by atoms with E-state index < -0.39 is 0 Å². The van der Waals surface area contributed by atoms with Crippen LogP contribution in [0.4, 0.5) is 4.79 Å². The predicted molar refractivity (Wildman–Crippen MR) is 94.0 cm³/mol. The van der Waals surface area contributed by atoms with Crippen molar-refractivity contribution in [3.8, 4) is 0 Å². The molecular formula is C19H24N2O4. The zero-order chi connectivity index (χ0) is 18.0. The Kier molecular flexibility index (Phi) is 4.97. The predicted octanol–water partition coefficient (Wildman–Crippen LogP) is 3.33. The van der Waals surface area contributed by atoms with Crippen LogP contribution in [0.15, 0.2) is 34.7 Å². The molecule has 2 heterocycles. The summed E-state index contributed by atoms with van der Waals surface area (Å²) in [7, 11) is 1.41. The highest BCUT2D eigenvalue weighted by atomic mass is 16.5. The molecule has 0 aliphatic carbocycles. The highest BCUT2D eigenvalue weighted by Gasteiger charge is 2.34. The van der Waals surface area contributed by atoms with E-state index in [9.17, 15) is 9.59 Å². The fourth-order valence-electron chi connectivity index (χ4n) is 3.40. The second-order valence-corrected chi connectivity index (χ2v) is 6.70. The number of piperidine rings is 1. The number of rotatable bonds is 3. The molecule has 1 aromatic carbocycles. The van der Waals surface area contributed by atoms with Crippen molar-refractivity contribution in [1.29, 1.82) is 0 Å². The monoisotopic (exact) mass is 344 g/mol. The maximum atomic E-state index is 12.5. The van der Waals surface area contributed by atoms with Crippen LogP contribution in [0.5, 0.6) is 0 Å². The van der Waals surface area contributed by atoms with Crippen LogP contribution in [0.1, 0.15) is 32.1 Å². The van der Waals surface area contributed by atoms with Gasteiger partial charge in [-0.3, -0.25) is 4.79 Å². The van der Waals surface area contributed by atoms with Crippen molar-refractivity contribution < 1.29 is 18.7 Å². The topological polar surface area (TPSA) is 71.8 Å². The lowest BCUT2D eigenvalue weighted by Gasteiger charge is -2.35. The quantitative estimate of drug-likeness (QED) is 0.867. The van der Waals surface area contributed by atoms with E-state index >= 15 is 0 Å². The SMILES string of the molecule is COC(=O)[C@@H]1CCN(C(=O)N[C@H](C)c2cc3ccccc3o2)C[C@@H]1C. The van der Waals surface area contributed by atoms with Crippen LogP contribution >= 0.6 is 0 Å². The minimum atomic E-state index is -0.228. The van der Waals surface area contributed by atoms with Gasteiger partial charge in [-0.05, 0) is 31.4 Å². The van der Waals surface area contributed by atoms with E-state index in [0.717, 1.165) is 16.7 Å². The van der Waals surface area contributed by atoms with Crippen molar-refractivity contribution in [2.75, 3.05) is 20.2 Å². The number of benzene rings is 1. The lowest BCUT2D eigenvalue weighted by atomic mass is 9.87. The van der Waals surface area contributed by atoms with Crippen molar-refractivity contribution in [3.05, 3.63) is 36.1 Å². The smallest absolute Gasteiger partial charge is 0.317 e. The van der Waals surface area contributed by atoms with E-state index in [-0.39, 0.29) is 29.9 Å². The molecule has 0 bridgehead atoms. The molecule has 1 aliphatic rings. The molecule has 1 aliphatic heterocycles. The molecule has 0 spiro atoms. The molecule has 1 saturated heterocycles. The largest absolute Gasteiger partial charge is 0.469 e. The first-order valence-corrected chi connectivity index (χ1v) is 8.61. The summed E-state index contributed by atoms with van der Waals surface area (Å²) in [6.07, 6.45) is 0.625. The van der Waals surface area contributed by atoms with Gasteiger partial charge >= 0.3 is 12.0 Å². The number of likely N-dealkylation sites (tertiary alicyclic amines) is 1. The number of para-hydroxylation sites is 1. The fourth-order valence-corrected chi connectivity index (χ4v) is 3.40. The number of nitrogens with zero attached hydrogens (tertiary/aromatic N) is 1. The maximum absolute atomic E-state index is 12.5. The molecule has 2 aromatic rings. The number of amides is 2. The van der Waals surface area contributed by atoms with E-state index in [2.05, 4.69) is 5.32 Å². The van der Waals surface area contributed by atoms with E-state index in [0.29, 0.717) is 19.5 Å². The summed E-state index contributed by atoms with van der Waals surface area (Å²) in [5, 5.41) is 4.00. The molecule has 2 amide bonds. The van der Waals surface area contributed by atoms with Gasteiger partial charge in [0.1, 0.15) is 11.3 Å². The minimum Gasteiger partial charge on any atom is -0.469 e. The molecule has 1 N–H and O–H groups in total. The maximum Gasteiger partial charge on any atom is 0.317 e. The summed E-state index contributed by atoms with van der Waals surface area (Å²) in [6.45, 7) is 4.96. The first kappa shape index (κ1) is 17.3. The molecule has 1 fully saturated rings. The molecule has 0 radical (unpaired) electrons. The van der Waals surface area contributed by atoms with Crippen molar-refractivity contribution >= 4 is 23.0 Å². The van der Waals surface area contributed by atoms with Gasteiger partial charge in [-0.25, -0.2) is 4.79 Å². The van der Waals surface area contributed by atoms with Crippen molar-refractivity contribution in [2.45, 2.75) is 26.3 Å². The second-order valence-electron chi connectivity index (χ2n) is 6.70. The number of furan rings is 1. The highest BCUT2D eigenvalue weighted by Crippen LogP contribution is 2.26. The first-order valence-electron chi connectivity index (χ1n) is 8.61. The summed E-state index contributed by atoms with van der Waals surface area (Å²) in [6, 6.07) is 9.36. The van der Waals surface area contributed by atoms with Crippen LogP contribution in [0.2, 0.25) is 0 Å². The molecule has 1 aromatic heterocycles. The Labute approximate surface area is 147 Å². The average Bonchev–Trinajstić information content (AvgIpc) is 3.05. The van der Waals surface area contributed by atoms with Crippen LogP contribution in [0.25, 0.3) is 11.0 Å². The third-order valence-electron chi connectivity index (χ3n) is 4.91. The van der Waals surface area contributed by atoms with Crippen molar-refractivity contribution in [2.24, 2.45) is 11.8 Å². The van der Waals surface area contributed by atoms with Gasteiger partial charge in [0, 0.05) is 18.5 Å². The molecule has 134 valence electrons. The number of carbonyl (C=O) groups is 2. The van der Waals surface area contributed by atoms with E-state index in [1.165, 1.54) is 7.11 Å². The van der Waals surface area contributed by atoms with Crippen molar-refractivity contribution in [3.63, 3.8) is 0 Å². The molecule has 6 heteroatoms. The Morgan fingerprint density at radius 1 is 1.36 bits per heavy atom. The van der Waals surface area contributed by atoms with Gasteiger partial charge in [-0.2, -0.15) is 0 Å². The number of ether oxygens (including phenoxy) is 1. The number of urea groups is 1. The van der Waals surface area contributed by atoms with Gasteiger partial charge in [-0.15, -0.1) is 0 Å². The summed E-state index contributed by atoms with van der Waals surface area (Å²) in [5.74, 6) is 0.477. The van der Waals surface area contributed by atoms with Gasteiger partial charge in [0.05, 0.1) is 19.1 Å². The molecular weight excluding hydrogens is 320 g/mol. The molecule has 3 atom stereocenters. The van der Waals surface area contributed by atoms with Crippen LogP contribution in [0.3, 0.4) is 0 Å². The lowest BCUT2D eigenvalue weighted by Crippen LogP contribution is -2.49. The van der Waals surface area contributed by atoms with Gasteiger partial charge in [0.2, 0.25) is 0 Å². The minimum absolute atomic E-state index is 0.0773. The van der Waals surface area contributed by atoms with Crippen LogP contribution in [-0.2, 0) is 9.53 Å². The number of esters is 1. The van der Waals surface area contributed by atoms with E-state index in [4.69, 9.17) is 9.15 Å². The van der Waals surface area contributed by atoms with Crippen LogP contribution < -0.4 is 5.32 Å². The molecule has 25 heavy (non-hydrogen) atoms. The summed E-state index contributed by atoms with van der Waals surface area (Å²) in [5.41, 5.74) is 0.811. The Morgan fingerprint density at radius 2 is 2.12 bits per heavy atom. The van der Waals surface area contributed by atoms with Crippen LogP contribution in [-0.4, -0.2) is 37.1 Å². The Balaban J connectivity index is 1.61. The molecule has 6 nitrogen and oxygen atoms in total. The number of hydrogen-bond acceptors (Lipinski definition) is 4. The number of nitrogens with one attached hydrogen (secondary N) is 1. The molecule has 0 unspecified atom stereocenters. The number of carbonyl (C=O) groups excluding carboxylic acids is 2. The van der Waals surface area contributed by atoms with Gasteiger partial charge in [0.15, 0.2) is 0 Å². The highest BCUT2D eigenvalue weighted by molar-refractivity contribution is 5.79. The average molecular weight is 344 g/mol. The van der Waals surface area contributed by atoms with Crippen molar-refractivity contribution in [1.82, 2.24) is 10.2 Å². The zero-order valence-electron chi connectivity index (χ0n) is 14.8. The third-order valence-corrected chi connectivity index (χ3v) is 4.91. The summed E-state index contributed by atoms with van der Waals surface area (Å²) >= 11 is 0. The molecule has 0 saturated carbocycles.